The van der Waals surface area contributed by atoms with Gasteiger partial charge >= 0.3 is 5.97 Å². The smallest absolute Gasteiger partial charge is 0.342 e. The summed E-state index contributed by atoms with van der Waals surface area (Å²) in [6.07, 6.45) is -1.99. The predicted molar refractivity (Wildman–Crippen MR) is 167 cm³/mol. The van der Waals surface area contributed by atoms with E-state index in [2.05, 4.69) is 24.5 Å². The second-order valence-electron chi connectivity index (χ2n) is 13.1. The number of aliphatic hydroxyl groups excluding tert-OH is 2. The van der Waals surface area contributed by atoms with Crippen LogP contribution in [-0.2, 0) is 31.8 Å². The molecule has 2 aromatic rings. The molecule has 0 bridgehead atoms. The Kier molecular flexibility index (Phi) is 11.1. The van der Waals surface area contributed by atoms with Crippen molar-refractivity contribution >= 4 is 11.9 Å². The third-order valence-electron chi connectivity index (χ3n) is 9.77. The van der Waals surface area contributed by atoms with Gasteiger partial charge in [0.25, 0.3) is 5.91 Å². The van der Waals surface area contributed by atoms with E-state index in [1.165, 1.54) is 14.2 Å². The molecule has 2 aliphatic rings. The molecule has 0 aromatic heterocycles. The molecule has 0 aliphatic carbocycles. The number of carbonyl (C=O) groups is 2. The van der Waals surface area contributed by atoms with Crippen LogP contribution in [0.3, 0.4) is 0 Å². The first-order chi connectivity index (χ1) is 21.3. The number of fused-ring (bicyclic) bond motifs is 1. The molecule has 2 heterocycles. The summed E-state index contributed by atoms with van der Waals surface area (Å²) in [7, 11) is 2.96. The minimum absolute atomic E-state index is 0.0517. The van der Waals surface area contributed by atoms with Gasteiger partial charge in [-0.1, -0.05) is 51.1 Å². The van der Waals surface area contributed by atoms with E-state index in [0.29, 0.717) is 30.4 Å². The standard InChI is InChI=1S/C34H48N2O9/c1-18-21-15-26(45-33(42)29(21)25(39)16-23(18)37)19(2)24(38)17-28-34(3,4)13-12-22(35-28)32(44-6)36-31(41)30(40)27(43-5)14-20-10-8-7-9-11-20/h7-11,16,19,22,24,26-28,30,32,35,37-40H,12-15,17H2,1-6H3,(H,36,41)/t19-,22+,24+,26-,27+,28-,30+,32+/m1/s1. The summed E-state index contributed by atoms with van der Waals surface area (Å²) in [5, 5.41) is 49.1. The lowest BCUT2D eigenvalue weighted by atomic mass is 9.72. The highest BCUT2D eigenvalue weighted by atomic mass is 16.5. The molecule has 1 saturated heterocycles. The number of carbonyl (C=O) groups excluding carboxylic acids is 2. The van der Waals surface area contributed by atoms with E-state index in [-0.39, 0.29) is 41.0 Å². The normalized spacial score (nSPS) is 24.4. The number of amides is 1. The molecule has 8 atom stereocenters. The summed E-state index contributed by atoms with van der Waals surface area (Å²) < 4.78 is 16.8. The number of methoxy groups -OCH3 is 2. The van der Waals surface area contributed by atoms with Crippen LogP contribution in [0.15, 0.2) is 36.4 Å². The van der Waals surface area contributed by atoms with Crippen molar-refractivity contribution < 1.29 is 44.2 Å². The van der Waals surface area contributed by atoms with Crippen LogP contribution >= 0.6 is 0 Å². The molecule has 2 aromatic carbocycles. The molecule has 4 rings (SSSR count). The summed E-state index contributed by atoms with van der Waals surface area (Å²) in [6, 6.07) is 10.1. The summed E-state index contributed by atoms with van der Waals surface area (Å²) in [5.41, 5.74) is 1.80. The SMILES string of the molecule is CO[C@@H](Cc1ccccc1)[C@H](O)C(=O)N[C@@H](OC)[C@@H]1CCC(C)(C)[C@@H](C[C@H](O)[C@@H](C)[C@H]2Cc3c(C)c(O)cc(O)c3C(=O)O2)N1. The molecule has 11 heteroatoms. The molecule has 0 saturated carbocycles. The molecule has 0 unspecified atom stereocenters. The van der Waals surface area contributed by atoms with Crippen molar-refractivity contribution in [3.63, 3.8) is 0 Å². The number of benzene rings is 2. The van der Waals surface area contributed by atoms with Gasteiger partial charge in [-0.15, -0.1) is 0 Å². The third kappa shape index (κ3) is 7.78. The highest BCUT2D eigenvalue weighted by Crippen LogP contribution is 2.40. The Morgan fingerprint density at radius 2 is 1.82 bits per heavy atom. The Labute approximate surface area is 264 Å². The number of rotatable bonds is 12. The van der Waals surface area contributed by atoms with Crippen LogP contribution in [0.5, 0.6) is 11.5 Å². The maximum atomic E-state index is 13.1. The van der Waals surface area contributed by atoms with Crippen molar-refractivity contribution in [2.24, 2.45) is 11.3 Å². The highest BCUT2D eigenvalue weighted by Gasteiger charge is 2.43. The van der Waals surface area contributed by atoms with Gasteiger partial charge in [0.15, 0.2) is 6.10 Å². The van der Waals surface area contributed by atoms with E-state index < -0.39 is 48.4 Å². The third-order valence-corrected chi connectivity index (χ3v) is 9.77. The molecule has 45 heavy (non-hydrogen) atoms. The lowest BCUT2D eigenvalue weighted by Gasteiger charge is -2.46. The van der Waals surface area contributed by atoms with Crippen molar-refractivity contribution in [2.45, 2.75) is 103 Å². The van der Waals surface area contributed by atoms with E-state index in [0.717, 1.165) is 18.1 Å². The number of phenols is 2. The van der Waals surface area contributed by atoms with Gasteiger partial charge in [0.1, 0.15) is 29.4 Å². The Morgan fingerprint density at radius 1 is 1.13 bits per heavy atom. The number of hydrogen-bond donors (Lipinski definition) is 6. The molecule has 0 radical (unpaired) electrons. The quantitative estimate of drug-likeness (QED) is 0.152. The Bertz CT molecular complexity index is 1330. The molecule has 1 fully saturated rings. The number of aliphatic hydroxyl groups is 2. The molecule has 248 valence electrons. The first kappa shape index (κ1) is 34.6. The van der Waals surface area contributed by atoms with Gasteiger partial charge in [-0.25, -0.2) is 4.79 Å². The van der Waals surface area contributed by atoms with E-state index in [1.807, 2.05) is 37.3 Å². The van der Waals surface area contributed by atoms with Crippen molar-refractivity contribution in [3.05, 3.63) is 58.7 Å². The second-order valence-corrected chi connectivity index (χ2v) is 13.1. The van der Waals surface area contributed by atoms with Crippen molar-refractivity contribution in [2.75, 3.05) is 14.2 Å². The van der Waals surface area contributed by atoms with E-state index in [4.69, 9.17) is 14.2 Å². The van der Waals surface area contributed by atoms with Crippen LogP contribution in [0.1, 0.15) is 67.1 Å². The molecule has 11 nitrogen and oxygen atoms in total. The molecule has 1 amide bonds. The maximum absolute atomic E-state index is 13.1. The van der Waals surface area contributed by atoms with E-state index >= 15 is 0 Å². The zero-order chi connectivity index (χ0) is 33.1. The number of nitrogens with one attached hydrogen (secondary N) is 2. The summed E-state index contributed by atoms with van der Waals surface area (Å²) in [6.45, 7) is 7.73. The summed E-state index contributed by atoms with van der Waals surface area (Å²) in [5.74, 6) is -2.17. The molecule has 0 spiro atoms. The topological polar surface area (TPSA) is 167 Å². The number of ether oxygens (including phenoxy) is 3. The van der Waals surface area contributed by atoms with E-state index in [9.17, 15) is 30.0 Å². The van der Waals surface area contributed by atoms with Crippen molar-refractivity contribution in [1.29, 1.82) is 0 Å². The largest absolute Gasteiger partial charge is 0.508 e. The van der Waals surface area contributed by atoms with Crippen LogP contribution in [0.2, 0.25) is 0 Å². The number of esters is 1. The van der Waals surface area contributed by atoms with Crippen LogP contribution in [-0.4, -0.2) is 89.2 Å². The average Bonchev–Trinajstić information content (AvgIpc) is 3.01. The highest BCUT2D eigenvalue weighted by molar-refractivity contribution is 5.96. The molecule has 2 aliphatic heterocycles. The van der Waals surface area contributed by atoms with Crippen molar-refractivity contribution in [3.8, 4) is 11.5 Å². The number of phenolic OH excluding ortho intramolecular Hbond substituents is 2. The number of cyclic esters (lactones) is 1. The van der Waals surface area contributed by atoms with Gasteiger partial charge in [-0.3, -0.25) is 4.79 Å². The Morgan fingerprint density at radius 3 is 2.47 bits per heavy atom. The molecular formula is C34H48N2O9. The Hall–Kier alpha value is -3.22. The van der Waals surface area contributed by atoms with Crippen LogP contribution in [0.4, 0.5) is 0 Å². The fraction of sp³-hybridized carbons (Fsp3) is 0.588. The van der Waals surface area contributed by atoms with Crippen LogP contribution < -0.4 is 10.6 Å². The fourth-order valence-corrected chi connectivity index (χ4v) is 6.51. The van der Waals surface area contributed by atoms with Gasteiger partial charge in [0, 0.05) is 45.1 Å². The second kappa shape index (κ2) is 14.5. The van der Waals surface area contributed by atoms with Crippen molar-refractivity contribution in [1.82, 2.24) is 10.6 Å². The number of piperidine rings is 1. The minimum atomic E-state index is -1.41. The van der Waals surface area contributed by atoms with Gasteiger partial charge in [-0.05, 0) is 48.3 Å². The Balaban J connectivity index is 1.40. The lowest BCUT2D eigenvalue weighted by molar-refractivity contribution is -0.141. The molecular weight excluding hydrogens is 580 g/mol. The van der Waals surface area contributed by atoms with E-state index in [1.54, 1.807) is 6.92 Å². The predicted octanol–water partition coefficient (Wildman–Crippen LogP) is 2.73. The average molecular weight is 629 g/mol. The summed E-state index contributed by atoms with van der Waals surface area (Å²) >= 11 is 0. The number of hydrogen-bond acceptors (Lipinski definition) is 10. The fourth-order valence-electron chi connectivity index (χ4n) is 6.51. The zero-order valence-electron chi connectivity index (χ0n) is 26.9. The van der Waals surface area contributed by atoms with Crippen LogP contribution in [0, 0.1) is 18.3 Å². The maximum Gasteiger partial charge on any atom is 0.342 e. The van der Waals surface area contributed by atoms with Crippen LogP contribution in [0.25, 0.3) is 0 Å². The zero-order valence-corrected chi connectivity index (χ0v) is 26.9. The summed E-state index contributed by atoms with van der Waals surface area (Å²) in [4.78, 5) is 25.9. The lowest BCUT2D eigenvalue weighted by Crippen LogP contribution is -2.62. The monoisotopic (exact) mass is 628 g/mol. The first-order valence-electron chi connectivity index (χ1n) is 15.5. The van der Waals surface area contributed by atoms with Gasteiger partial charge in [-0.2, -0.15) is 0 Å². The minimum Gasteiger partial charge on any atom is -0.508 e. The molecule has 6 N–H and O–H groups in total. The number of aromatic hydroxyl groups is 2. The van der Waals surface area contributed by atoms with Gasteiger partial charge in [0.2, 0.25) is 0 Å². The van der Waals surface area contributed by atoms with Gasteiger partial charge < -0.3 is 45.3 Å². The van der Waals surface area contributed by atoms with Gasteiger partial charge in [0.05, 0.1) is 18.2 Å². The first-order valence-corrected chi connectivity index (χ1v) is 15.5.